The maximum atomic E-state index is 12.0. The number of allylic oxidation sites excluding steroid dienone is 10. The lowest BCUT2D eigenvalue weighted by atomic mass is 10.0. The van der Waals surface area contributed by atoms with E-state index in [1.165, 1.54) is 263 Å². The van der Waals surface area contributed by atoms with Crippen molar-refractivity contribution < 1.29 is 129 Å². The van der Waals surface area contributed by atoms with Gasteiger partial charge in [0.1, 0.15) is 0 Å². The lowest BCUT2D eigenvalue weighted by Gasteiger charge is -2.32. The number of nitrogens with one attached hydrogen (secondary N) is 5. The zero-order chi connectivity index (χ0) is 113. The number of aliphatic hydroxyl groups excluding tert-OH is 2. The molecule has 886 valence electrons. The summed E-state index contributed by atoms with van der Waals surface area (Å²) < 4.78 is 73.6. The van der Waals surface area contributed by atoms with E-state index < -0.39 is 95.8 Å². The predicted molar refractivity (Wildman–Crippen MR) is 590 cm³/mol. The summed E-state index contributed by atoms with van der Waals surface area (Å²) in [5, 5.41) is 31.3. The fourth-order valence-electron chi connectivity index (χ4n) is 15.5. The largest absolute Gasteiger partial charge is 0.790 e. The van der Waals surface area contributed by atoms with Crippen molar-refractivity contribution in [3.63, 3.8) is 0 Å². The molecule has 0 rings (SSSR count). The van der Waals surface area contributed by atoms with E-state index in [1.807, 2.05) is 41.5 Å². The molecule has 0 heterocycles. The van der Waals surface area contributed by atoms with Crippen LogP contribution >= 0.6 is 39.1 Å². The highest BCUT2D eigenvalue weighted by Crippen LogP contribution is 2.30. The minimum Gasteiger partial charge on any atom is -0.790 e. The Hall–Kier alpha value is -3.48. The quantitative estimate of drug-likeness (QED) is 0.0169. The molecule has 0 aromatic carbocycles. The molecule has 7 N–H and O–H groups in total. The SMILES string of the molecule is CC.CCCCCCCC/C=C\CCCCCCCC(=O)N[C@@H](CO)COP(=O)([O-])[O-].CCCCCCCC/C=C\CCCCCCCC(=O)N[C@@H](COP(=O)([O-])[O-])C(C)C.CCCCCCCC/C=C\CCCCCCCC(=O)N[C@H](CC)COP(=O)([O-])[O-].CCCCCCCC/C=C\CCCCCCCC(=O)N[C@H](CO)COP(=O)([O-])[O-].CCCCCCCC/C=C\CCCCCCCC(=O)N[C@H](COP(=O)([O-])[O-])C(C)C. The minimum absolute atomic E-state index is 0.0189. The summed E-state index contributed by atoms with van der Waals surface area (Å²) in [7, 11) is -25.2. The summed E-state index contributed by atoms with van der Waals surface area (Å²) in [6.07, 6.45) is 103. The van der Waals surface area contributed by atoms with Crippen LogP contribution in [0.15, 0.2) is 60.8 Å². The molecule has 0 unspecified atom stereocenters. The molecule has 0 aliphatic rings. The number of phosphoric ester groups is 5. The average molecular weight is 2220 g/mol. The Labute approximate surface area is 906 Å². The number of rotatable bonds is 100. The van der Waals surface area contributed by atoms with Crippen LogP contribution in [0.1, 0.15) is 539 Å². The van der Waals surface area contributed by atoms with Crippen molar-refractivity contribution in [3.8, 4) is 0 Å². The van der Waals surface area contributed by atoms with Crippen LogP contribution in [0, 0.1) is 11.8 Å². The number of aliphatic hydroxyl groups is 2. The van der Waals surface area contributed by atoms with Crippen molar-refractivity contribution in [3.05, 3.63) is 60.8 Å². The molecule has 5 atom stereocenters. The Morgan fingerprint density at radius 3 is 0.517 bits per heavy atom. The van der Waals surface area contributed by atoms with Gasteiger partial charge in [-0.25, -0.2) is 0 Å². The summed E-state index contributed by atoms with van der Waals surface area (Å²) >= 11 is 0. The van der Waals surface area contributed by atoms with Gasteiger partial charge < -0.3 is 131 Å². The fourth-order valence-corrected chi connectivity index (χ4v) is 17.2. The summed E-state index contributed by atoms with van der Waals surface area (Å²) in [5.41, 5.74) is 0. The highest BCUT2D eigenvalue weighted by molar-refractivity contribution is 7.44. The first-order chi connectivity index (χ1) is 71.2. The predicted octanol–water partition coefficient (Wildman–Crippen LogP) is 22.5. The summed E-state index contributed by atoms with van der Waals surface area (Å²) in [4.78, 5) is 165. The maximum absolute atomic E-state index is 12.0. The van der Waals surface area contributed by atoms with Crippen molar-refractivity contribution in [2.75, 3.05) is 46.2 Å². The van der Waals surface area contributed by atoms with Gasteiger partial charge in [-0.1, -0.05) is 401 Å². The monoisotopic (exact) mass is 2220 g/mol. The Morgan fingerprint density at radius 2 is 0.362 bits per heavy atom. The lowest BCUT2D eigenvalue weighted by molar-refractivity contribution is -0.344. The number of carbonyl (C=O) groups excluding carboxylic acids is 5. The molecule has 32 nitrogen and oxygen atoms in total. The first kappa shape index (κ1) is 156. The molecule has 0 fully saturated rings. The van der Waals surface area contributed by atoms with Crippen LogP contribution in [0.2, 0.25) is 0 Å². The van der Waals surface area contributed by atoms with E-state index in [-0.39, 0.29) is 61.2 Å². The minimum atomic E-state index is -5.10. The second-order valence-corrected chi connectivity index (χ2v) is 45.6. The van der Waals surface area contributed by atoms with Gasteiger partial charge in [-0.3, -0.25) is 24.0 Å². The van der Waals surface area contributed by atoms with Crippen LogP contribution < -0.4 is 75.5 Å². The number of phosphoric acid groups is 5. The molecule has 0 spiro atoms. The summed E-state index contributed by atoms with van der Waals surface area (Å²) in [6, 6.07) is -3.17. The third-order valence-corrected chi connectivity index (χ3v) is 27.1. The fraction of sp³-hybridized carbons (Fsp3) is 0.866. The topological polar surface area (TPSA) is 548 Å². The highest BCUT2D eigenvalue weighted by atomic mass is 31.2. The van der Waals surface area contributed by atoms with Gasteiger partial charge >= 0.3 is 0 Å². The van der Waals surface area contributed by atoms with E-state index in [1.54, 1.807) is 6.92 Å². The van der Waals surface area contributed by atoms with Gasteiger partial charge in [0.15, 0.2) is 0 Å². The van der Waals surface area contributed by atoms with Crippen LogP contribution in [-0.4, -0.2) is 116 Å². The van der Waals surface area contributed by atoms with E-state index in [0.29, 0.717) is 38.5 Å². The van der Waals surface area contributed by atoms with E-state index in [2.05, 4.69) is 145 Å². The molecule has 0 bridgehead atoms. The molecule has 149 heavy (non-hydrogen) atoms. The normalized spacial score (nSPS) is 13.0. The Kier molecular flexibility index (Phi) is 121. The number of unbranched alkanes of at least 4 members (excludes halogenated alkanes) is 55. The number of carbonyl (C=O) groups is 5. The van der Waals surface area contributed by atoms with Gasteiger partial charge in [-0.15, -0.1) is 0 Å². The van der Waals surface area contributed by atoms with E-state index in [0.717, 1.165) is 154 Å². The standard InChI is InChI=1S/2C23H46NO5P.C22H44NO5P.2C21H42NO6P.C2H6/c2*1-4-5-6-7-8-9-10-11-12-13-14-15-16-17-18-19-23(25)24-22(21(2)3)20-29-30(26,27)28;1-3-5-6-7-8-9-10-11-12-13-14-15-16-17-18-19-22(24)23-21(4-2)20-28-29(25,26)27;2*1-2-3-4-5-6-7-8-9-10-11-12-13-14-15-16-17-21(24)22-20(18-23)19-28-29(25,26)27;1-2/h2*11-12,21-22H,4-10,13-20H2,1-3H3,(H,24,25)(H2,26,27,28);11-12,21H,3-10,13-20H2,1-2H3,(H,23,24)(H2,25,26,27);2*9-10,20,23H,2-8,11-19H2,1H3,(H,22,24)(H2,25,26,27);1-2H3/p-10/b3*12-11-;2*10-9-;/t2*22-;21-;2*20-;/m10110./s1. The molecule has 0 aromatic heterocycles. The zero-order valence-electron chi connectivity index (χ0n) is 95.3. The van der Waals surface area contributed by atoms with Crippen LogP contribution in [0.3, 0.4) is 0 Å². The van der Waals surface area contributed by atoms with Crippen LogP contribution in [-0.2, 0) is 69.4 Å². The van der Waals surface area contributed by atoms with E-state index >= 15 is 0 Å². The van der Waals surface area contributed by atoms with Gasteiger partial charge in [-0.2, -0.15) is 0 Å². The Balaban J connectivity index is -0.000000427. The van der Waals surface area contributed by atoms with Crippen LogP contribution in [0.25, 0.3) is 0 Å². The van der Waals surface area contributed by atoms with Gasteiger partial charge in [0.25, 0.3) is 0 Å². The second kappa shape index (κ2) is 116. The third-order valence-electron chi connectivity index (χ3n) is 24.8. The van der Waals surface area contributed by atoms with E-state index in [9.17, 15) is 95.7 Å². The Bertz CT molecular complexity index is 3080. The van der Waals surface area contributed by atoms with Gasteiger partial charge in [0.05, 0.1) is 116 Å². The summed E-state index contributed by atoms with van der Waals surface area (Å²) in [5.74, 6) is -0.967. The molecule has 0 aliphatic carbocycles. The average Bonchev–Trinajstić information content (AvgIpc) is 0.909. The molecular weight excluding hydrogens is 2000 g/mol. The first-order valence-corrected chi connectivity index (χ1v) is 65.7. The van der Waals surface area contributed by atoms with Crippen molar-refractivity contribution in [1.82, 2.24) is 26.6 Å². The van der Waals surface area contributed by atoms with Crippen LogP contribution in [0.4, 0.5) is 0 Å². The third kappa shape index (κ3) is 139. The Morgan fingerprint density at radius 1 is 0.221 bits per heavy atom. The van der Waals surface area contributed by atoms with Crippen molar-refractivity contribution in [2.24, 2.45) is 11.8 Å². The van der Waals surface area contributed by atoms with Gasteiger partial charge in [0, 0.05) is 32.1 Å². The van der Waals surface area contributed by atoms with Crippen molar-refractivity contribution in [2.45, 2.75) is 569 Å². The van der Waals surface area contributed by atoms with Crippen molar-refractivity contribution >= 4 is 68.6 Å². The molecule has 0 radical (unpaired) electrons. The molecule has 0 saturated heterocycles. The highest BCUT2D eigenvalue weighted by Gasteiger charge is 2.21. The first-order valence-electron chi connectivity index (χ1n) is 58.4. The van der Waals surface area contributed by atoms with Gasteiger partial charge in [-0.05, 0) is 179 Å². The molecule has 0 aromatic rings. The van der Waals surface area contributed by atoms with Gasteiger partial charge in [0.2, 0.25) is 29.5 Å². The molecular formula is C112H216N5O27P5-10. The second-order valence-electron chi connectivity index (χ2n) is 39.8. The zero-order valence-corrected chi connectivity index (χ0v) is 99.8. The molecule has 0 aliphatic heterocycles. The van der Waals surface area contributed by atoms with Crippen molar-refractivity contribution in [1.29, 1.82) is 0 Å². The molecule has 0 saturated carbocycles. The molecule has 5 amide bonds. The van der Waals surface area contributed by atoms with E-state index in [4.69, 9.17) is 10.2 Å². The molecule has 37 heteroatoms. The lowest BCUT2D eigenvalue weighted by Crippen LogP contribution is -2.42. The number of hydrogen-bond donors (Lipinski definition) is 7. The maximum Gasteiger partial charge on any atom is 0.220 e. The van der Waals surface area contributed by atoms with Crippen LogP contribution in [0.5, 0.6) is 0 Å². The summed E-state index contributed by atoms with van der Waals surface area (Å²) in [6.45, 7) is 21.4. The number of hydrogen-bond acceptors (Lipinski definition) is 27. The number of amides is 5. The smallest absolute Gasteiger partial charge is 0.220 e.